The van der Waals surface area contributed by atoms with Crippen molar-refractivity contribution in [3.63, 3.8) is 0 Å². The van der Waals surface area contributed by atoms with E-state index in [1.807, 2.05) is 0 Å². The van der Waals surface area contributed by atoms with Gasteiger partial charge < -0.3 is 9.80 Å². The number of benzene rings is 6. The first-order valence-electron chi connectivity index (χ1n) is 21.1. The Morgan fingerprint density at radius 3 is 1.40 bits per heavy atom. The molecule has 0 spiro atoms. The molecule has 0 N–H and O–H groups in total. The van der Waals surface area contributed by atoms with Crippen molar-refractivity contribution < 1.29 is 0 Å². The van der Waals surface area contributed by atoms with Gasteiger partial charge in [-0.3, -0.25) is 0 Å². The van der Waals surface area contributed by atoms with Crippen molar-refractivity contribution in [1.82, 2.24) is 0 Å². The van der Waals surface area contributed by atoms with Gasteiger partial charge in [0, 0.05) is 39.5 Å². The van der Waals surface area contributed by atoms with Gasteiger partial charge >= 0.3 is 0 Å². The summed E-state index contributed by atoms with van der Waals surface area (Å²) in [5.41, 5.74) is 21.0. The highest BCUT2D eigenvalue weighted by molar-refractivity contribution is 7.01. The van der Waals surface area contributed by atoms with Crippen molar-refractivity contribution in [2.45, 2.75) is 117 Å². The molecule has 288 valence electrons. The number of hydrogen-bond donors (Lipinski definition) is 0. The summed E-state index contributed by atoms with van der Waals surface area (Å²) < 4.78 is 0. The summed E-state index contributed by atoms with van der Waals surface area (Å²) in [5.74, 6) is 0. The summed E-state index contributed by atoms with van der Waals surface area (Å²) in [6.45, 7) is 30.7. The fourth-order valence-electron chi connectivity index (χ4n) is 9.88. The summed E-state index contributed by atoms with van der Waals surface area (Å²) in [6, 6.07) is 47.4. The highest BCUT2D eigenvalue weighted by atomic mass is 15.2. The Hall–Kier alpha value is -5.02. The number of nitrogens with zero attached hydrogens (tertiary/aromatic N) is 2. The van der Waals surface area contributed by atoms with Gasteiger partial charge in [-0.15, -0.1) is 0 Å². The molecule has 0 bridgehead atoms. The Morgan fingerprint density at radius 1 is 0.386 bits per heavy atom. The molecule has 1 unspecified atom stereocenters. The van der Waals surface area contributed by atoms with Gasteiger partial charge in [-0.1, -0.05) is 156 Å². The van der Waals surface area contributed by atoms with Crippen LogP contribution in [0.3, 0.4) is 0 Å². The molecule has 0 radical (unpaired) electrons. The van der Waals surface area contributed by atoms with Gasteiger partial charge in [0.05, 0.1) is 0 Å². The number of hydrogen-bond acceptors (Lipinski definition) is 2. The van der Waals surface area contributed by atoms with Crippen LogP contribution >= 0.6 is 0 Å². The summed E-state index contributed by atoms with van der Waals surface area (Å²) in [6.07, 6.45) is 0. The van der Waals surface area contributed by atoms with E-state index in [-0.39, 0.29) is 28.4 Å². The molecule has 9 rings (SSSR count). The first kappa shape index (κ1) is 37.6. The maximum atomic E-state index is 2.62. The summed E-state index contributed by atoms with van der Waals surface area (Å²) in [5, 5.41) is 0. The Balaban J connectivity index is 1.44. The predicted molar refractivity (Wildman–Crippen MR) is 247 cm³/mol. The van der Waals surface area contributed by atoms with Crippen molar-refractivity contribution in [3.05, 3.63) is 160 Å². The zero-order valence-electron chi connectivity index (χ0n) is 36.5. The number of anilines is 6. The molecule has 0 aliphatic carbocycles. The quantitative estimate of drug-likeness (QED) is 0.166. The van der Waals surface area contributed by atoms with Crippen LogP contribution in [0, 0.1) is 0 Å². The largest absolute Gasteiger partial charge is 0.311 e. The van der Waals surface area contributed by atoms with Gasteiger partial charge in [-0.25, -0.2) is 0 Å². The topological polar surface area (TPSA) is 6.48 Å². The molecule has 3 aliphatic heterocycles. The molecule has 3 heterocycles. The lowest BCUT2D eigenvalue weighted by Gasteiger charge is -2.51. The zero-order chi connectivity index (χ0) is 40.6. The van der Waals surface area contributed by atoms with Crippen LogP contribution in [0.2, 0.25) is 0 Å². The molecule has 0 saturated heterocycles. The first-order chi connectivity index (χ1) is 26.7. The van der Waals surface area contributed by atoms with Crippen LogP contribution in [0.4, 0.5) is 34.1 Å². The monoisotopic (exact) mass is 746 g/mol. The van der Waals surface area contributed by atoms with E-state index in [1.165, 1.54) is 89.5 Å². The maximum absolute atomic E-state index is 2.62. The van der Waals surface area contributed by atoms with Crippen molar-refractivity contribution >= 4 is 57.2 Å². The smallest absolute Gasteiger partial charge is 0.252 e. The second-order valence-corrected chi connectivity index (χ2v) is 21.3. The average molecular weight is 747 g/mol. The fourth-order valence-corrected chi connectivity index (χ4v) is 9.88. The second kappa shape index (κ2) is 12.2. The third-order valence-electron chi connectivity index (χ3n) is 13.3. The molecule has 6 aromatic carbocycles. The van der Waals surface area contributed by atoms with Gasteiger partial charge in [0.25, 0.3) is 6.71 Å². The zero-order valence-corrected chi connectivity index (χ0v) is 36.5. The number of rotatable bonds is 3. The maximum Gasteiger partial charge on any atom is 0.252 e. The minimum absolute atomic E-state index is 0.0128. The normalized spacial score (nSPS) is 17.2. The molecule has 6 aromatic rings. The fraction of sp³-hybridized carbons (Fsp3) is 0.333. The van der Waals surface area contributed by atoms with Crippen LogP contribution in [-0.4, -0.2) is 6.71 Å². The minimum atomic E-state index is -0.393. The lowest BCUT2D eigenvalue weighted by atomic mass is 9.28. The lowest BCUT2D eigenvalue weighted by Crippen LogP contribution is -2.67. The predicted octanol–water partition coefficient (Wildman–Crippen LogP) is 12.6. The van der Waals surface area contributed by atoms with Crippen LogP contribution in [0.1, 0.15) is 129 Å². The summed E-state index contributed by atoms with van der Waals surface area (Å²) in [7, 11) is 0. The molecule has 0 aromatic heterocycles. The molecular weight excluding hydrogens is 687 g/mol. The first-order valence-corrected chi connectivity index (χ1v) is 21.1. The summed E-state index contributed by atoms with van der Waals surface area (Å²) >= 11 is 0. The lowest BCUT2D eigenvalue weighted by molar-refractivity contribution is 0.569. The van der Waals surface area contributed by atoms with Crippen molar-refractivity contribution in [2.75, 3.05) is 9.80 Å². The molecule has 1 atom stereocenters. The van der Waals surface area contributed by atoms with Crippen LogP contribution in [0.5, 0.6) is 0 Å². The van der Waals surface area contributed by atoms with E-state index in [0.717, 1.165) is 0 Å². The van der Waals surface area contributed by atoms with E-state index in [4.69, 9.17) is 0 Å². The second-order valence-electron chi connectivity index (χ2n) is 21.3. The van der Waals surface area contributed by atoms with E-state index < -0.39 is 5.41 Å². The van der Waals surface area contributed by atoms with Crippen LogP contribution in [0.15, 0.2) is 121 Å². The van der Waals surface area contributed by atoms with E-state index in [1.54, 1.807) is 0 Å². The molecule has 0 amide bonds. The molecule has 0 saturated carbocycles. The molecule has 3 heteroatoms. The SMILES string of the molecule is CC(C)(C)c1ccc(N2c3cccc4c3B3c5c(cccc5C(C)(c5ccccc5)c5cc(C(C)(C)C)cc2c53)N4c2cc(C(C)(C)C)cc(C(C)(C)C)c2)cc1. The van der Waals surface area contributed by atoms with Crippen molar-refractivity contribution in [2.24, 2.45) is 0 Å². The van der Waals surface area contributed by atoms with Gasteiger partial charge in [0.2, 0.25) is 0 Å². The van der Waals surface area contributed by atoms with E-state index in [0.29, 0.717) is 0 Å². The van der Waals surface area contributed by atoms with E-state index in [2.05, 4.69) is 221 Å². The average Bonchev–Trinajstić information content (AvgIpc) is 3.15. The van der Waals surface area contributed by atoms with E-state index in [9.17, 15) is 0 Å². The van der Waals surface area contributed by atoms with E-state index >= 15 is 0 Å². The third kappa shape index (κ3) is 5.66. The van der Waals surface area contributed by atoms with Gasteiger partial charge in [0.1, 0.15) is 0 Å². The molecule has 2 nitrogen and oxygen atoms in total. The molecular formula is C54H59BN2. The van der Waals surface area contributed by atoms with Crippen LogP contribution in [0.25, 0.3) is 0 Å². The summed E-state index contributed by atoms with van der Waals surface area (Å²) in [4.78, 5) is 5.22. The van der Waals surface area contributed by atoms with Crippen molar-refractivity contribution in [3.8, 4) is 0 Å². The highest BCUT2D eigenvalue weighted by Crippen LogP contribution is 2.52. The highest BCUT2D eigenvalue weighted by Gasteiger charge is 2.53. The molecule has 3 aliphatic rings. The third-order valence-corrected chi connectivity index (χ3v) is 13.3. The van der Waals surface area contributed by atoms with Gasteiger partial charge in [0.15, 0.2) is 0 Å². The van der Waals surface area contributed by atoms with Gasteiger partial charge in [-0.05, 0) is 132 Å². The molecule has 57 heavy (non-hydrogen) atoms. The molecule has 0 fully saturated rings. The van der Waals surface area contributed by atoms with Crippen LogP contribution in [-0.2, 0) is 27.1 Å². The Labute approximate surface area is 343 Å². The minimum Gasteiger partial charge on any atom is -0.311 e. The van der Waals surface area contributed by atoms with Crippen molar-refractivity contribution in [1.29, 1.82) is 0 Å². The Bertz CT molecular complexity index is 2540. The Morgan fingerprint density at radius 2 is 0.860 bits per heavy atom. The van der Waals surface area contributed by atoms with Crippen LogP contribution < -0.4 is 26.2 Å². The Kier molecular flexibility index (Phi) is 8.07. The van der Waals surface area contributed by atoms with Gasteiger partial charge in [-0.2, -0.15) is 0 Å². The standard InChI is InChI=1S/C54H59BN2/c1-50(2,3)34-25-27-39(28-26-34)56-44-23-18-24-45-49(44)55-47-41(21-17-22-43(47)57(45)40-30-36(51(4,5)6)29-37(31-40)52(7,8)9)54(13,35-19-15-14-16-20-35)42-32-38(53(10,11)12)33-46(56)48(42)55/h14-33H,1-13H3.